The second kappa shape index (κ2) is 2.49. The molecule has 5 atom stereocenters. The van der Waals surface area contributed by atoms with Crippen LogP contribution in [0, 0.1) is 34.5 Å². The number of hydrogen-bond donors (Lipinski definition) is 0. The summed E-state index contributed by atoms with van der Waals surface area (Å²) in [6.07, 6.45) is 3.88. The van der Waals surface area contributed by atoms with Crippen LogP contribution in [0.1, 0.15) is 47.0 Å². The SMILES string of the molecule is CC(C)[C@]12CC[C@]3(C)[C@H](C1)C(=O)[C@H](C)[C@@H]23. The number of rotatable bonds is 1. The van der Waals surface area contributed by atoms with Crippen molar-refractivity contribution >= 4 is 5.78 Å². The Labute approximate surface area is 92.6 Å². The molecular formula is C14H22O. The smallest absolute Gasteiger partial charge is 0.139 e. The highest BCUT2D eigenvalue weighted by atomic mass is 16.1. The zero-order valence-electron chi connectivity index (χ0n) is 10.3. The molecule has 0 heterocycles. The molecule has 0 aromatic heterocycles. The topological polar surface area (TPSA) is 17.1 Å². The standard InChI is InChI=1S/C14H22O/c1-8(2)14-6-5-13(4)10(7-14)11(15)9(3)12(13)14/h8-10,12H,5-7H2,1-4H3/t9-,10+,12+,13+,14-/m0/s1. The zero-order valence-corrected chi connectivity index (χ0v) is 10.3. The van der Waals surface area contributed by atoms with Crippen LogP contribution in [0.2, 0.25) is 0 Å². The van der Waals surface area contributed by atoms with E-state index in [0.29, 0.717) is 34.4 Å². The van der Waals surface area contributed by atoms with Crippen LogP contribution in [0.4, 0.5) is 0 Å². The Hall–Kier alpha value is -0.330. The summed E-state index contributed by atoms with van der Waals surface area (Å²) in [7, 11) is 0. The molecule has 0 spiro atoms. The number of carbonyl (C=O) groups excluding carboxylic acids is 1. The Bertz CT molecular complexity index is 332. The van der Waals surface area contributed by atoms with Gasteiger partial charge in [-0.25, -0.2) is 0 Å². The van der Waals surface area contributed by atoms with Gasteiger partial charge in [-0.3, -0.25) is 4.79 Å². The van der Waals surface area contributed by atoms with Gasteiger partial charge in [-0.1, -0.05) is 27.7 Å². The first-order valence-corrected chi connectivity index (χ1v) is 6.47. The van der Waals surface area contributed by atoms with E-state index in [1.807, 2.05) is 0 Å². The minimum atomic E-state index is 0.346. The van der Waals surface area contributed by atoms with E-state index in [9.17, 15) is 4.79 Å². The Balaban J connectivity index is 2.11. The fraction of sp³-hybridized carbons (Fsp3) is 0.929. The third-order valence-electron chi connectivity index (χ3n) is 6.28. The van der Waals surface area contributed by atoms with Crippen LogP contribution >= 0.6 is 0 Å². The summed E-state index contributed by atoms with van der Waals surface area (Å²) in [5.41, 5.74) is 0.896. The molecular weight excluding hydrogens is 184 g/mol. The van der Waals surface area contributed by atoms with Gasteiger partial charge in [-0.05, 0) is 41.9 Å². The lowest BCUT2D eigenvalue weighted by Crippen LogP contribution is -2.39. The lowest BCUT2D eigenvalue weighted by molar-refractivity contribution is -0.130. The van der Waals surface area contributed by atoms with Gasteiger partial charge in [0.15, 0.2) is 0 Å². The molecule has 0 radical (unpaired) electrons. The van der Waals surface area contributed by atoms with Crippen LogP contribution in [0.5, 0.6) is 0 Å². The fourth-order valence-corrected chi connectivity index (χ4v) is 5.56. The number of Topliss-reactive ketones (excluding diaryl/α,β-unsaturated/α-hetero) is 1. The molecule has 3 saturated carbocycles. The van der Waals surface area contributed by atoms with Crippen LogP contribution in [0.25, 0.3) is 0 Å². The molecule has 0 saturated heterocycles. The summed E-state index contributed by atoms with van der Waals surface area (Å²) in [6, 6.07) is 0. The first-order chi connectivity index (χ1) is 6.93. The van der Waals surface area contributed by atoms with Crippen molar-refractivity contribution in [3.63, 3.8) is 0 Å². The minimum Gasteiger partial charge on any atom is -0.299 e. The average Bonchev–Trinajstić information content (AvgIpc) is 2.67. The largest absolute Gasteiger partial charge is 0.299 e. The Morgan fingerprint density at radius 2 is 2.00 bits per heavy atom. The van der Waals surface area contributed by atoms with Gasteiger partial charge >= 0.3 is 0 Å². The zero-order chi connectivity index (χ0) is 11.0. The molecule has 1 heteroatoms. The van der Waals surface area contributed by atoms with E-state index in [0.717, 1.165) is 5.92 Å². The van der Waals surface area contributed by atoms with E-state index < -0.39 is 0 Å². The molecule has 0 aliphatic heterocycles. The second-order valence-corrected chi connectivity index (χ2v) is 6.82. The molecule has 4 bridgehead atoms. The van der Waals surface area contributed by atoms with Crippen molar-refractivity contribution in [2.24, 2.45) is 34.5 Å². The van der Waals surface area contributed by atoms with Crippen molar-refractivity contribution in [1.29, 1.82) is 0 Å². The third-order valence-corrected chi connectivity index (χ3v) is 6.28. The fourth-order valence-electron chi connectivity index (χ4n) is 5.56. The molecule has 15 heavy (non-hydrogen) atoms. The summed E-state index contributed by atoms with van der Waals surface area (Å²) in [4.78, 5) is 12.1. The summed E-state index contributed by atoms with van der Waals surface area (Å²) in [5, 5.41) is 0. The van der Waals surface area contributed by atoms with Crippen molar-refractivity contribution in [1.82, 2.24) is 0 Å². The van der Waals surface area contributed by atoms with E-state index in [1.165, 1.54) is 19.3 Å². The number of carbonyl (C=O) groups is 1. The maximum absolute atomic E-state index is 12.1. The monoisotopic (exact) mass is 206 g/mol. The van der Waals surface area contributed by atoms with Crippen molar-refractivity contribution < 1.29 is 4.79 Å². The van der Waals surface area contributed by atoms with Gasteiger partial charge < -0.3 is 0 Å². The van der Waals surface area contributed by atoms with E-state index in [2.05, 4.69) is 27.7 Å². The summed E-state index contributed by atoms with van der Waals surface area (Å²) in [6.45, 7) is 9.31. The van der Waals surface area contributed by atoms with Crippen LogP contribution in [-0.2, 0) is 4.79 Å². The van der Waals surface area contributed by atoms with E-state index in [1.54, 1.807) is 0 Å². The normalized spacial score (nSPS) is 57.1. The third kappa shape index (κ3) is 0.819. The van der Waals surface area contributed by atoms with E-state index in [4.69, 9.17) is 0 Å². The predicted molar refractivity (Wildman–Crippen MR) is 60.4 cm³/mol. The molecule has 84 valence electrons. The first kappa shape index (κ1) is 9.86. The Morgan fingerprint density at radius 1 is 1.33 bits per heavy atom. The van der Waals surface area contributed by atoms with Gasteiger partial charge in [-0.2, -0.15) is 0 Å². The lowest BCUT2D eigenvalue weighted by atomic mass is 9.62. The average molecular weight is 206 g/mol. The van der Waals surface area contributed by atoms with Crippen LogP contribution in [0.3, 0.4) is 0 Å². The van der Waals surface area contributed by atoms with Crippen molar-refractivity contribution in [3.8, 4) is 0 Å². The van der Waals surface area contributed by atoms with Gasteiger partial charge in [0.1, 0.15) is 5.78 Å². The van der Waals surface area contributed by atoms with Crippen molar-refractivity contribution in [3.05, 3.63) is 0 Å². The van der Waals surface area contributed by atoms with Crippen LogP contribution in [-0.4, -0.2) is 5.78 Å². The Morgan fingerprint density at radius 3 is 2.53 bits per heavy atom. The number of hydrogen-bond acceptors (Lipinski definition) is 1. The molecule has 0 amide bonds. The molecule has 3 rings (SSSR count). The minimum absolute atomic E-state index is 0.346. The van der Waals surface area contributed by atoms with Gasteiger partial charge in [0.25, 0.3) is 0 Å². The highest BCUT2D eigenvalue weighted by molar-refractivity contribution is 5.88. The highest BCUT2D eigenvalue weighted by Gasteiger charge is 2.73. The maximum atomic E-state index is 12.1. The van der Waals surface area contributed by atoms with Crippen molar-refractivity contribution in [2.75, 3.05) is 0 Å². The van der Waals surface area contributed by atoms with Gasteiger partial charge in [0.2, 0.25) is 0 Å². The predicted octanol–water partition coefficient (Wildman–Crippen LogP) is 3.28. The Kier molecular flexibility index (Phi) is 1.64. The van der Waals surface area contributed by atoms with Crippen LogP contribution in [0.15, 0.2) is 0 Å². The maximum Gasteiger partial charge on any atom is 0.139 e. The summed E-state index contributed by atoms with van der Waals surface area (Å²) < 4.78 is 0. The molecule has 3 fully saturated rings. The molecule has 1 nitrogen and oxygen atoms in total. The molecule has 0 aromatic rings. The molecule has 3 aliphatic carbocycles. The van der Waals surface area contributed by atoms with E-state index >= 15 is 0 Å². The van der Waals surface area contributed by atoms with Gasteiger partial charge in [0.05, 0.1) is 0 Å². The highest BCUT2D eigenvalue weighted by Crippen LogP contribution is 2.76. The molecule has 0 N–H and O–H groups in total. The van der Waals surface area contributed by atoms with E-state index in [-0.39, 0.29) is 0 Å². The van der Waals surface area contributed by atoms with Gasteiger partial charge in [0, 0.05) is 11.8 Å². The lowest BCUT2D eigenvalue weighted by Gasteiger charge is -2.41. The summed E-state index contributed by atoms with van der Waals surface area (Å²) >= 11 is 0. The summed E-state index contributed by atoms with van der Waals surface area (Å²) in [5.74, 6) is 2.79. The quantitative estimate of drug-likeness (QED) is 0.643. The van der Waals surface area contributed by atoms with Crippen LogP contribution < -0.4 is 0 Å². The molecule has 3 aliphatic rings. The van der Waals surface area contributed by atoms with Crippen molar-refractivity contribution in [2.45, 2.75) is 47.0 Å². The molecule has 0 aromatic carbocycles. The van der Waals surface area contributed by atoms with Gasteiger partial charge in [-0.15, -0.1) is 0 Å². The first-order valence-electron chi connectivity index (χ1n) is 6.47. The number of ketones is 1. The second-order valence-electron chi connectivity index (χ2n) is 6.82. The molecule has 0 unspecified atom stereocenters.